The second kappa shape index (κ2) is 12.4. The summed E-state index contributed by atoms with van der Waals surface area (Å²) in [4.78, 5) is 21.2. The fourth-order valence-electron chi connectivity index (χ4n) is 4.39. The number of esters is 1. The number of aromatic nitrogens is 2. The molecule has 2 heterocycles. The third-order valence-corrected chi connectivity index (χ3v) is 7.06. The Labute approximate surface area is 240 Å². The second-order valence-electron chi connectivity index (χ2n) is 9.05. The lowest BCUT2D eigenvalue weighted by Gasteiger charge is -2.24. The van der Waals surface area contributed by atoms with Gasteiger partial charge in [0.2, 0.25) is 0 Å². The van der Waals surface area contributed by atoms with Crippen molar-refractivity contribution in [3.63, 3.8) is 0 Å². The minimum absolute atomic E-state index is 0.148. The van der Waals surface area contributed by atoms with Crippen molar-refractivity contribution in [1.29, 1.82) is 0 Å². The van der Waals surface area contributed by atoms with Gasteiger partial charge in [0.05, 0.1) is 29.7 Å². The van der Waals surface area contributed by atoms with E-state index in [1.165, 1.54) is 17.6 Å². The van der Waals surface area contributed by atoms with Crippen molar-refractivity contribution in [3.05, 3.63) is 125 Å². The van der Waals surface area contributed by atoms with Gasteiger partial charge in [-0.25, -0.2) is 18.3 Å². The maximum Gasteiger partial charge on any atom is 0.358 e. The number of pyridine rings is 2. The number of hydrogen-bond acceptors (Lipinski definition) is 6. The van der Waals surface area contributed by atoms with E-state index in [4.69, 9.17) is 4.74 Å². The molecule has 0 fully saturated rings. The van der Waals surface area contributed by atoms with Crippen LogP contribution in [0.2, 0.25) is 0 Å². The summed E-state index contributed by atoms with van der Waals surface area (Å²) in [5.74, 6) is 5.65. The Bertz CT molecular complexity index is 1820. The first-order valence-corrected chi connectivity index (χ1v) is 13.7. The summed E-state index contributed by atoms with van der Waals surface area (Å²) in [5, 5.41) is 4.10. The number of hydrogen-bond donors (Lipinski definition) is 2. The third-order valence-electron chi connectivity index (χ3n) is 6.37. The molecule has 41 heavy (non-hydrogen) atoms. The van der Waals surface area contributed by atoms with E-state index in [2.05, 4.69) is 27.1 Å². The normalized spacial score (nSPS) is 11.3. The van der Waals surface area contributed by atoms with E-state index in [1.807, 2.05) is 67.6 Å². The summed E-state index contributed by atoms with van der Waals surface area (Å²) < 4.78 is 29.5. The largest absolute Gasteiger partial charge is 0.464 e. The predicted molar refractivity (Wildman–Crippen MR) is 161 cm³/mol. The van der Waals surface area contributed by atoms with Gasteiger partial charge in [-0.3, -0.25) is 9.54 Å². The number of anilines is 3. The van der Waals surface area contributed by atoms with Crippen LogP contribution >= 0.6 is 0 Å². The van der Waals surface area contributed by atoms with Gasteiger partial charge in [0.1, 0.15) is 0 Å². The number of rotatable bonds is 7. The molecule has 1 atom stereocenters. The quantitative estimate of drug-likeness (QED) is 0.142. The fourth-order valence-corrected chi connectivity index (χ4v) is 5.10. The molecular formula is C32H26N4O4S. The van der Waals surface area contributed by atoms with Crippen LogP contribution in [0.25, 0.3) is 10.9 Å². The molecule has 9 heteroatoms. The number of nitrogens with zero attached hydrogens (tertiary/aromatic N) is 3. The van der Waals surface area contributed by atoms with Crippen LogP contribution in [-0.4, -0.2) is 31.8 Å². The number of fused-ring (bicyclic) bond motifs is 1. The number of carbonyl (C=O) groups is 1. The first-order valence-electron chi connectivity index (χ1n) is 12.7. The highest BCUT2D eigenvalue weighted by molar-refractivity contribution is 7.81. The molecule has 0 bridgehead atoms. The lowest BCUT2D eigenvalue weighted by Crippen LogP contribution is -2.21. The minimum Gasteiger partial charge on any atom is -0.464 e. The molecule has 204 valence electrons. The van der Waals surface area contributed by atoms with Gasteiger partial charge in [0, 0.05) is 35.5 Å². The van der Waals surface area contributed by atoms with E-state index in [0.717, 1.165) is 16.5 Å². The van der Waals surface area contributed by atoms with Gasteiger partial charge in [0.25, 0.3) is 11.3 Å². The smallest absolute Gasteiger partial charge is 0.358 e. The molecule has 0 amide bonds. The van der Waals surface area contributed by atoms with Crippen molar-refractivity contribution in [3.8, 4) is 11.8 Å². The minimum atomic E-state index is -2.41. The van der Waals surface area contributed by atoms with Gasteiger partial charge >= 0.3 is 5.97 Å². The summed E-state index contributed by atoms with van der Waals surface area (Å²) in [7, 11) is 1.31. The van der Waals surface area contributed by atoms with Crippen LogP contribution in [0.3, 0.4) is 0 Å². The zero-order valence-corrected chi connectivity index (χ0v) is 23.2. The highest BCUT2D eigenvalue weighted by Gasteiger charge is 2.23. The molecule has 3 aromatic carbocycles. The van der Waals surface area contributed by atoms with Crippen molar-refractivity contribution in [2.24, 2.45) is 0 Å². The molecule has 5 aromatic rings. The molecule has 0 radical (unpaired) electrons. The number of methoxy groups -OCH3 is 1. The highest BCUT2D eigenvalue weighted by Crippen LogP contribution is 2.36. The van der Waals surface area contributed by atoms with Gasteiger partial charge < -0.3 is 10.1 Å². The van der Waals surface area contributed by atoms with Crippen LogP contribution in [0, 0.1) is 18.8 Å². The van der Waals surface area contributed by atoms with Crippen LogP contribution in [0.15, 0.2) is 97.3 Å². The lowest BCUT2D eigenvalue weighted by molar-refractivity contribution is 0.0595. The number of nitrogens with one attached hydrogen (secondary N) is 1. The second-order valence-corrected chi connectivity index (χ2v) is 9.88. The lowest BCUT2D eigenvalue weighted by atomic mass is 10.1. The first-order chi connectivity index (χ1) is 20.0. The maximum atomic E-state index is 12.8. The van der Waals surface area contributed by atoms with Gasteiger partial charge in [-0.15, -0.1) is 0 Å². The van der Waals surface area contributed by atoms with E-state index in [0.29, 0.717) is 40.3 Å². The predicted octanol–water partition coefficient (Wildman–Crippen LogP) is 6.01. The SMILES string of the molecule is COC(=O)c1ncc(C#Cc2ccccc2N(c2c(C)ccc3cccnc23)S(=O)O)cc1NCc1ccccc1. The van der Waals surface area contributed by atoms with Crippen molar-refractivity contribution >= 4 is 45.2 Å². The summed E-state index contributed by atoms with van der Waals surface area (Å²) >= 11 is -2.41. The van der Waals surface area contributed by atoms with Crippen molar-refractivity contribution in [1.82, 2.24) is 9.97 Å². The van der Waals surface area contributed by atoms with Crippen LogP contribution in [0.4, 0.5) is 17.1 Å². The number of carbonyl (C=O) groups excluding carboxylic acids is 1. The molecule has 0 aliphatic rings. The van der Waals surface area contributed by atoms with Gasteiger partial charge in [-0.2, -0.15) is 0 Å². The average molecular weight is 563 g/mol. The first kappa shape index (κ1) is 27.5. The summed E-state index contributed by atoms with van der Waals surface area (Å²) in [6.45, 7) is 2.35. The number of para-hydroxylation sites is 1. The molecule has 2 aromatic heterocycles. The molecule has 0 aliphatic heterocycles. The molecule has 0 saturated carbocycles. The van der Waals surface area contributed by atoms with Crippen molar-refractivity contribution in [2.45, 2.75) is 13.5 Å². The van der Waals surface area contributed by atoms with Gasteiger partial charge in [0.15, 0.2) is 5.69 Å². The van der Waals surface area contributed by atoms with Crippen LogP contribution in [0.5, 0.6) is 0 Å². The molecule has 2 N–H and O–H groups in total. The number of aryl methyl sites for hydroxylation is 1. The summed E-state index contributed by atoms with van der Waals surface area (Å²) in [6, 6.07) is 26.2. The Kier molecular flexibility index (Phi) is 8.34. The Balaban J connectivity index is 1.54. The molecule has 5 rings (SSSR count). The number of benzene rings is 3. The van der Waals surface area contributed by atoms with Crippen LogP contribution < -0.4 is 9.62 Å². The fraction of sp³-hybridized carbons (Fsp3) is 0.0938. The van der Waals surface area contributed by atoms with Crippen LogP contribution in [-0.2, 0) is 22.5 Å². The van der Waals surface area contributed by atoms with E-state index in [1.54, 1.807) is 30.5 Å². The summed E-state index contributed by atoms with van der Waals surface area (Å²) in [6.07, 6.45) is 3.15. The zero-order chi connectivity index (χ0) is 28.8. The standard InChI is InChI=1S/C32H26N4O4S/c1-22-14-16-26-12-8-18-33-29(26)31(22)36(41(38)39)28-13-7-6-11-25(28)17-15-24-19-27(30(35-21-24)32(37)40-2)34-20-23-9-4-3-5-10-23/h3-14,16,18-19,21,34H,20H2,1-2H3,(H,38,39). The Morgan fingerprint density at radius 3 is 2.56 bits per heavy atom. The molecular weight excluding hydrogens is 536 g/mol. The zero-order valence-electron chi connectivity index (χ0n) is 22.4. The maximum absolute atomic E-state index is 12.8. The Morgan fingerprint density at radius 1 is 1.00 bits per heavy atom. The Morgan fingerprint density at radius 2 is 1.78 bits per heavy atom. The van der Waals surface area contributed by atoms with Crippen molar-refractivity contribution in [2.75, 3.05) is 16.7 Å². The molecule has 0 saturated heterocycles. The van der Waals surface area contributed by atoms with Crippen LogP contribution in [0.1, 0.15) is 32.7 Å². The number of ether oxygens (including phenoxy) is 1. The topological polar surface area (TPSA) is 105 Å². The average Bonchev–Trinajstić information content (AvgIpc) is 3.00. The van der Waals surface area contributed by atoms with Gasteiger partial charge in [-0.1, -0.05) is 72.5 Å². The Hall–Kier alpha value is -5.04. The third kappa shape index (κ3) is 6.09. The molecule has 8 nitrogen and oxygen atoms in total. The molecule has 1 unspecified atom stereocenters. The van der Waals surface area contributed by atoms with E-state index in [-0.39, 0.29) is 5.69 Å². The van der Waals surface area contributed by atoms with E-state index >= 15 is 0 Å². The summed E-state index contributed by atoms with van der Waals surface area (Å²) in [5.41, 5.74) is 5.10. The molecule has 0 spiro atoms. The molecule has 0 aliphatic carbocycles. The van der Waals surface area contributed by atoms with Crippen molar-refractivity contribution < 1.29 is 18.3 Å². The monoisotopic (exact) mass is 562 g/mol. The van der Waals surface area contributed by atoms with E-state index < -0.39 is 17.2 Å². The van der Waals surface area contributed by atoms with Gasteiger partial charge in [-0.05, 0) is 42.3 Å². The highest BCUT2D eigenvalue weighted by atomic mass is 32.2. The van der Waals surface area contributed by atoms with E-state index in [9.17, 15) is 13.6 Å².